The summed E-state index contributed by atoms with van der Waals surface area (Å²) in [6, 6.07) is 6.47. The first-order valence-electron chi connectivity index (χ1n) is 6.07. The van der Waals surface area contributed by atoms with Crippen molar-refractivity contribution in [3.8, 4) is 5.75 Å². The number of amidine groups is 1. The van der Waals surface area contributed by atoms with Gasteiger partial charge in [-0.1, -0.05) is 6.07 Å². The summed E-state index contributed by atoms with van der Waals surface area (Å²) in [7, 11) is -3.22. The molecule has 1 aliphatic carbocycles. The van der Waals surface area contributed by atoms with Crippen LogP contribution in [0.2, 0.25) is 0 Å². The molecule has 0 saturated heterocycles. The van der Waals surface area contributed by atoms with Crippen molar-refractivity contribution >= 4 is 15.7 Å². The molecule has 1 aromatic carbocycles. The molecule has 6 heteroatoms. The maximum absolute atomic E-state index is 11.4. The molecule has 3 N–H and O–H groups in total. The van der Waals surface area contributed by atoms with Gasteiger partial charge in [0.25, 0.3) is 0 Å². The maximum atomic E-state index is 11.4. The molecule has 0 atom stereocenters. The van der Waals surface area contributed by atoms with Crippen LogP contribution in [0.3, 0.4) is 0 Å². The average Bonchev–Trinajstić information content (AvgIpc) is 3.05. The maximum Gasteiger partial charge on any atom is 0.175 e. The minimum absolute atomic E-state index is 0.0209. The van der Waals surface area contributed by atoms with E-state index in [1.807, 2.05) is 0 Å². The van der Waals surface area contributed by atoms with Crippen molar-refractivity contribution in [2.45, 2.75) is 24.2 Å². The minimum atomic E-state index is -3.22. The Hall–Kier alpha value is -1.56. The highest BCUT2D eigenvalue weighted by Crippen LogP contribution is 2.48. The van der Waals surface area contributed by atoms with Gasteiger partial charge in [-0.25, -0.2) is 8.42 Å². The molecule has 0 heterocycles. The molecule has 0 spiro atoms. The van der Waals surface area contributed by atoms with Crippen molar-refractivity contribution in [3.63, 3.8) is 0 Å². The SMILES string of the molecule is CS(=O)(=O)c1cccc(OCC2(CC(=N)N)CC2)c1. The zero-order valence-electron chi connectivity index (χ0n) is 10.8. The van der Waals surface area contributed by atoms with Gasteiger partial charge in [-0.2, -0.15) is 0 Å². The monoisotopic (exact) mass is 282 g/mol. The molecule has 19 heavy (non-hydrogen) atoms. The van der Waals surface area contributed by atoms with Gasteiger partial charge in [-0.15, -0.1) is 0 Å². The van der Waals surface area contributed by atoms with E-state index >= 15 is 0 Å². The highest BCUT2D eigenvalue weighted by Gasteiger charge is 2.44. The summed E-state index contributed by atoms with van der Waals surface area (Å²) in [5.74, 6) is 0.712. The summed E-state index contributed by atoms with van der Waals surface area (Å²) in [6.07, 6.45) is 3.71. The Balaban J connectivity index is 2.03. The van der Waals surface area contributed by atoms with Crippen molar-refractivity contribution in [1.82, 2.24) is 0 Å². The number of ether oxygens (including phenoxy) is 1. The van der Waals surface area contributed by atoms with Gasteiger partial charge in [0.2, 0.25) is 0 Å². The van der Waals surface area contributed by atoms with Gasteiger partial charge < -0.3 is 10.5 Å². The first-order chi connectivity index (χ1) is 8.81. The van der Waals surface area contributed by atoms with Crippen LogP contribution in [0.15, 0.2) is 29.2 Å². The van der Waals surface area contributed by atoms with Crippen LogP contribution < -0.4 is 10.5 Å². The van der Waals surface area contributed by atoms with Crippen LogP contribution in [0, 0.1) is 10.8 Å². The lowest BCUT2D eigenvalue weighted by atomic mass is 10.0. The number of sulfone groups is 1. The number of hydrogen-bond donors (Lipinski definition) is 2. The van der Waals surface area contributed by atoms with Crippen LogP contribution in [0.1, 0.15) is 19.3 Å². The fraction of sp³-hybridized carbons (Fsp3) is 0.462. The molecule has 0 radical (unpaired) electrons. The van der Waals surface area contributed by atoms with E-state index in [1.165, 1.54) is 12.3 Å². The second-order valence-corrected chi connectivity index (χ2v) is 7.25. The molecule has 1 fully saturated rings. The number of rotatable bonds is 6. The number of nitrogens with two attached hydrogens (primary N) is 1. The lowest BCUT2D eigenvalue weighted by Crippen LogP contribution is -2.21. The summed E-state index contributed by atoms with van der Waals surface area (Å²) >= 11 is 0. The second kappa shape index (κ2) is 4.85. The van der Waals surface area contributed by atoms with Gasteiger partial charge in [0.05, 0.1) is 17.3 Å². The molecule has 104 valence electrons. The third kappa shape index (κ3) is 3.70. The largest absolute Gasteiger partial charge is 0.493 e. The summed E-state index contributed by atoms with van der Waals surface area (Å²) in [4.78, 5) is 0.251. The predicted octanol–water partition coefficient (Wildman–Crippen LogP) is 1.58. The molecule has 1 aliphatic rings. The van der Waals surface area contributed by atoms with E-state index in [0.29, 0.717) is 18.8 Å². The summed E-state index contributed by atoms with van der Waals surface area (Å²) in [5, 5.41) is 7.33. The number of benzene rings is 1. The molecule has 5 nitrogen and oxygen atoms in total. The van der Waals surface area contributed by atoms with E-state index in [-0.39, 0.29) is 16.1 Å². The third-order valence-electron chi connectivity index (χ3n) is 3.30. The van der Waals surface area contributed by atoms with E-state index < -0.39 is 9.84 Å². The van der Waals surface area contributed by atoms with Crippen LogP contribution in [-0.4, -0.2) is 27.1 Å². The average molecular weight is 282 g/mol. The van der Waals surface area contributed by atoms with Crippen LogP contribution in [0.4, 0.5) is 0 Å². The highest BCUT2D eigenvalue weighted by atomic mass is 32.2. The summed E-state index contributed by atoms with van der Waals surface area (Å²) in [6.45, 7) is 0.472. The Bertz CT molecular complexity index is 592. The first-order valence-corrected chi connectivity index (χ1v) is 7.96. The topological polar surface area (TPSA) is 93.2 Å². The Morgan fingerprint density at radius 1 is 1.47 bits per heavy atom. The standard InChI is InChI=1S/C13H18N2O3S/c1-19(16,17)11-4-2-3-10(7-11)18-9-13(5-6-13)8-12(14)15/h2-4,7H,5-6,8-9H2,1H3,(H3,14,15). The second-order valence-electron chi connectivity index (χ2n) is 5.24. The third-order valence-corrected chi connectivity index (χ3v) is 4.41. The fourth-order valence-corrected chi connectivity index (χ4v) is 2.64. The lowest BCUT2D eigenvalue weighted by Gasteiger charge is -2.15. The molecule has 0 amide bonds. The smallest absolute Gasteiger partial charge is 0.175 e. The van der Waals surface area contributed by atoms with E-state index in [0.717, 1.165) is 12.8 Å². The zero-order chi connectivity index (χ0) is 14.1. The zero-order valence-corrected chi connectivity index (χ0v) is 11.7. The highest BCUT2D eigenvalue weighted by molar-refractivity contribution is 7.90. The molecule has 0 bridgehead atoms. The van der Waals surface area contributed by atoms with Crippen molar-refractivity contribution in [1.29, 1.82) is 5.41 Å². The number of nitrogens with one attached hydrogen (secondary N) is 1. The molecule has 0 aliphatic heterocycles. The van der Waals surface area contributed by atoms with Crippen molar-refractivity contribution in [2.24, 2.45) is 11.1 Å². The van der Waals surface area contributed by atoms with E-state index in [1.54, 1.807) is 18.2 Å². The molecular formula is C13H18N2O3S. The molecule has 1 saturated carbocycles. The molecular weight excluding hydrogens is 264 g/mol. The Morgan fingerprint density at radius 2 is 2.16 bits per heavy atom. The van der Waals surface area contributed by atoms with E-state index in [9.17, 15) is 8.42 Å². The van der Waals surface area contributed by atoms with Gasteiger partial charge in [0, 0.05) is 18.1 Å². The van der Waals surface area contributed by atoms with Crippen molar-refractivity contribution < 1.29 is 13.2 Å². The lowest BCUT2D eigenvalue weighted by molar-refractivity contribution is 0.238. The Labute approximate surface area is 113 Å². The van der Waals surface area contributed by atoms with Crippen molar-refractivity contribution in [2.75, 3.05) is 12.9 Å². The number of hydrogen-bond acceptors (Lipinski definition) is 4. The summed E-state index contributed by atoms with van der Waals surface area (Å²) in [5.41, 5.74) is 5.40. The fourth-order valence-electron chi connectivity index (χ4n) is 1.98. The van der Waals surface area contributed by atoms with Gasteiger partial charge in [0.1, 0.15) is 5.75 Å². The Morgan fingerprint density at radius 3 is 2.68 bits per heavy atom. The van der Waals surface area contributed by atoms with E-state index in [2.05, 4.69) is 0 Å². The molecule has 1 aromatic rings. The predicted molar refractivity (Wildman–Crippen MR) is 73.2 cm³/mol. The first kappa shape index (κ1) is 13.9. The molecule has 0 unspecified atom stereocenters. The van der Waals surface area contributed by atoms with Crippen LogP contribution in [-0.2, 0) is 9.84 Å². The Kier molecular flexibility index (Phi) is 3.54. The van der Waals surface area contributed by atoms with Crippen LogP contribution >= 0.6 is 0 Å². The van der Waals surface area contributed by atoms with Gasteiger partial charge in [-0.3, -0.25) is 5.41 Å². The normalized spacial score (nSPS) is 16.9. The van der Waals surface area contributed by atoms with Crippen LogP contribution in [0.25, 0.3) is 0 Å². The summed E-state index contributed by atoms with van der Waals surface area (Å²) < 4.78 is 28.5. The minimum Gasteiger partial charge on any atom is -0.493 e. The van der Waals surface area contributed by atoms with Crippen molar-refractivity contribution in [3.05, 3.63) is 24.3 Å². The quantitative estimate of drug-likeness (QED) is 0.612. The van der Waals surface area contributed by atoms with Gasteiger partial charge in [-0.05, 0) is 31.0 Å². The molecule has 2 rings (SSSR count). The molecule has 0 aromatic heterocycles. The van der Waals surface area contributed by atoms with Crippen LogP contribution in [0.5, 0.6) is 5.75 Å². The van der Waals surface area contributed by atoms with E-state index in [4.69, 9.17) is 15.9 Å². The van der Waals surface area contributed by atoms with Gasteiger partial charge >= 0.3 is 0 Å². The van der Waals surface area contributed by atoms with Gasteiger partial charge in [0.15, 0.2) is 9.84 Å².